The van der Waals surface area contributed by atoms with Crippen LogP contribution in [0.4, 0.5) is 10.1 Å². The first-order valence-corrected chi connectivity index (χ1v) is 7.25. The summed E-state index contributed by atoms with van der Waals surface area (Å²) in [6.07, 6.45) is 0. The molecule has 100 valence electrons. The Morgan fingerprint density at radius 3 is 2.61 bits per heavy atom. The second-order valence-corrected chi connectivity index (χ2v) is 5.93. The van der Waals surface area contributed by atoms with Gasteiger partial charge < -0.3 is 5.32 Å². The number of rotatable bonds is 3. The largest absolute Gasteiger partial charge is 0.314 e. The van der Waals surface area contributed by atoms with E-state index in [-0.39, 0.29) is 10.7 Å². The van der Waals surface area contributed by atoms with E-state index < -0.39 is 16.0 Å². The quantitative estimate of drug-likeness (QED) is 0.875. The normalized spacial score (nSPS) is 17.7. The summed E-state index contributed by atoms with van der Waals surface area (Å²) in [5, 5.41) is 3.08. The lowest BCUT2D eigenvalue weighted by Crippen LogP contribution is -2.48. The van der Waals surface area contributed by atoms with E-state index >= 15 is 0 Å². The van der Waals surface area contributed by atoms with Gasteiger partial charge in [-0.1, -0.05) is 17.7 Å². The first kappa shape index (κ1) is 13.5. The Labute approximate surface area is 110 Å². The van der Waals surface area contributed by atoms with Crippen LogP contribution in [0.1, 0.15) is 0 Å². The zero-order valence-electron chi connectivity index (χ0n) is 9.49. The highest BCUT2D eigenvalue weighted by atomic mass is 35.5. The minimum absolute atomic E-state index is 0.0358. The summed E-state index contributed by atoms with van der Waals surface area (Å²) in [6.45, 7) is 1.85. The molecule has 18 heavy (non-hydrogen) atoms. The zero-order chi connectivity index (χ0) is 13.2. The topological polar surface area (TPSA) is 61.4 Å². The highest BCUT2D eigenvalue weighted by Gasteiger charge is 2.25. The molecule has 2 rings (SSSR count). The Balaban J connectivity index is 2.22. The molecule has 1 aromatic carbocycles. The van der Waals surface area contributed by atoms with E-state index in [2.05, 4.69) is 10.0 Å². The van der Waals surface area contributed by atoms with Crippen molar-refractivity contribution in [2.24, 2.45) is 0 Å². The van der Waals surface area contributed by atoms with E-state index in [0.29, 0.717) is 26.2 Å². The minimum Gasteiger partial charge on any atom is -0.314 e. The molecule has 0 spiro atoms. The summed E-state index contributed by atoms with van der Waals surface area (Å²) in [5.41, 5.74) is -0.210. The maximum Gasteiger partial charge on any atom is 0.301 e. The standard InChI is InChI=1S/C10H13ClFN3O2S/c11-8-2-1-3-9(12)10(8)14-18(16,17)15-6-4-13-5-7-15/h1-3,13-14H,4-7H2. The summed E-state index contributed by atoms with van der Waals surface area (Å²) < 4.78 is 41.0. The predicted molar refractivity (Wildman–Crippen MR) is 68.4 cm³/mol. The number of halogens is 2. The van der Waals surface area contributed by atoms with Crippen LogP contribution in [0.25, 0.3) is 0 Å². The second kappa shape index (κ2) is 5.40. The number of nitrogens with one attached hydrogen (secondary N) is 2. The maximum atomic E-state index is 13.5. The third-order valence-electron chi connectivity index (χ3n) is 2.61. The smallest absolute Gasteiger partial charge is 0.301 e. The molecule has 0 aliphatic carbocycles. The molecule has 1 fully saturated rings. The first-order valence-electron chi connectivity index (χ1n) is 5.43. The summed E-state index contributed by atoms with van der Waals surface area (Å²) in [4.78, 5) is 0. The SMILES string of the molecule is O=S(=O)(Nc1c(F)cccc1Cl)N1CCNCC1. The van der Waals surface area contributed by atoms with Crippen molar-refractivity contribution in [2.75, 3.05) is 30.9 Å². The van der Waals surface area contributed by atoms with Crippen molar-refractivity contribution >= 4 is 27.5 Å². The van der Waals surface area contributed by atoms with Gasteiger partial charge in [-0.25, -0.2) is 4.39 Å². The number of piperazine rings is 1. The molecule has 1 aliphatic rings. The summed E-state index contributed by atoms with van der Waals surface area (Å²) >= 11 is 5.78. The number of hydrogen-bond acceptors (Lipinski definition) is 3. The number of benzene rings is 1. The molecule has 0 saturated carbocycles. The molecule has 1 heterocycles. The van der Waals surface area contributed by atoms with Crippen LogP contribution in [-0.2, 0) is 10.2 Å². The van der Waals surface area contributed by atoms with Crippen molar-refractivity contribution in [3.63, 3.8) is 0 Å². The van der Waals surface area contributed by atoms with Gasteiger partial charge in [-0.05, 0) is 12.1 Å². The fourth-order valence-electron chi connectivity index (χ4n) is 1.67. The van der Waals surface area contributed by atoms with E-state index in [1.165, 1.54) is 16.4 Å². The molecule has 1 aliphatic heterocycles. The molecular formula is C10H13ClFN3O2S. The average molecular weight is 294 g/mol. The third kappa shape index (κ3) is 2.92. The van der Waals surface area contributed by atoms with E-state index in [1.54, 1.807) is 0 Å². The van der Waals surface area contributed by atoms with Gasteiger partial charge in [0.1, 0.15) is 11.5 Å². The van der Waals surface area contributed by atoms with Gasteiger partial charge in [0.25, 0.3) is 0 Å². The van der Waals surface area contributed by atoms with E-state index in [0.717, 1.165) is 6.07 Å². The molecule has 0 unspecified atom stereocenters. The Bertz CT molecular complexity index is 512. The molecule has 0 radical (unpaired) electrons. The lowest BCUT2D eigenvalue weighted by atomic mass is 10.3. The van der Waals surface area contributed by atoms with Crippen LogP contribution in [0.2, 0.25) is 5.02 Å². The molecule has 0 atom stereocenters. The van der Waals surface area contributed by atoms with Crippen LogP contribution in [0, 0.1) is 5.82 Å². The number of anilines is 1. The van der Waals surface area contributed by atoms with E-state index in [9.17, 15) is 12.8 Å². The van der Waals surface area contributed by atoms with Crippen LogP contribution >= 0.6 is 11.6 Å². The van der Waals surface area contributed by atoms with Crippen LogP contribution < -0.4 is 10.0 Å². The van der Waals surface area contributed by atoms with Crippen molar-refractivity contribution in [2.45, 2.75) is 0 Å². The Kier molecular flexibility index (Phi) is 4.06. The Morgan fingerprint density at radius 1 is 1.33 bits per heavy atom. The lowest BCUT2D eigenvalue weighted by Gasteiger charge is -2.27. The van der Waals surface area contributed by atoms with Gasteiger partial charge in [0, 0.05) is 26.2 Å². The molecule has 0 bridgehead atoms. The zero-order valence-corrected chi connectivity index (χ0v) is 11.1. The molecule has 8 heteroatoms. The Morgan fingerprint density at radius 2 is 2.00 bits per heavy atom. The summed E-state index contributed by atoms with van der Waals surface area (Å²) in [6, 6.07) is 4.00. The van der Waals surface area contributed by atoms with Crippen molar-refractivity contribution in [1.82, 2.24) is 9.62 Å². The van der Waals surface area contributed by atoms with Crippen LogP contribution in [0.5, 0.6) is 0 Å². The second-order valence-electron chi connectivity index (χ2n) is 3.85. The van der Waals surface area contributed by atoms with Gasteiger partial charge in [-0.15, -0.1) is 0 Å². The minimum atomic E-state index is -3.76. The van der Waals surface area contributed by atoms with Crippen molar-refractivity contribution in [3.05, 3.63) is 29.0 Å². The predicted octanol–water partition coefficient (Wildman–Crippen LogP) is 1.04. The monoisotopic (exact) mass is 293 g/mol. The highest BCUT2D eigenvalue weighted by Crippen LogP contribution is 2.26. The van der Waals surface area contributed by atoms with Crippen molar-refractivity contribution in [3.8, 4) is 0 Å². The molecule has 1 saturated heterocycles. The van der Waals surface area contributed by atoms with Crippen LogP contribution in [0.15, 0.2) is 18.2 Å². The van der Waals surface area contributed by atoms with Gasteiger partial charge >= 0.3 is 10.2 Å². The molecule has 0 aromatic heterocycles. The molecule has 1 aromatic rings. The van der Waals surface area contributed by atoms with Gasteiger partial charge in [-0.2, -0.15) is 12.7 Å². The van der Waals surface area contributed by atoms with Gasteiger partial charge in [0.15, 0.2) is 0 Å². The van der Waals surface area contributed by atoms with E-state index in [4.69, 9.17) is 11.6 Å². The maximum absolute atomic E-state index is 13.5. The highest BCUT2D eigenvalue weighted by molar-refractivity contribution is 7.90. The van der Waals surface area contributed by atoms with Crippen LogP contribution in [-0.4, -0.2) is 38.9 Å². The molecule has 0 amide bonds. The first-order chi connectivity index (χ1) is 8.50. The van der Waals surface area contributed by atoms with Gasteiger partial charge in [-0.3, -0.25) is 4.72 Å². The van der Waals surface area contributed by atoms with Crippen LogP contribution in [0.3, 0.4) is 0 Å². The number of hydrogen-bond donors (Lipinski definition) is 2. The fraction of sp³-hybridized carbons (Fsp3) is 0.400. The average Bonchev–Trinajstić information content (AvgIpc) is 2.35. The summed E-state index contributed by atoms with van der Waals surface area (Å²) in [7, 11) is -3.76. The number of para-hydroxylation sites is 1. The van der Waals surface area contributed by atoms with Gasteiger partial charge in [0.05, 0.1) is 5.02 Å². The third-order valence-corrected chi connectivity index (χ3v) is 4.43. The Hall–Kier alpha value is -0.890. The lowest BCUT2D eigenvalue weighted by molar-refractivity contribution is 0.362. The van der Waals surface area contributed by atoms with Crippen molar-refractivity contribution < 1.29 is 12.8 Å². The van der Waals surface area contributed by atoms with E-state index in [1.807, 2.05) is 0 Å². The fourth-order valence-corrected chi connectivity index (χ4v) is 3.20. The molecule has 2 N–H and O–H groups in total. The molecular weight excluding hydrogens is 281 g/mol. The number of nitrogens with zero attached hydrogens (tertiary/aromatic N) is 1. The summed E-state index contributed by atoms with van der Waals surface area (Å²) in [5.74, 6) is -0.693. The van der Waals surface area contributed by atoms with Crippen molar-refractivity contribution in [1.29, 1.82) is 0 Å². The molecule has 5 nitrogen and oxygen atoms in total. The van der Waals surface area contributed by atoms with Gasteiger partial charge in [0.2, 0.25) is 0 Å².